The highest BCUT2D eigenvalue weighted by Gasteiger charge is 2.45. The molecule has 8 nitrogen and oxygen atoms in total. The Labute approximate surface area is 207 Å². The van der Waals surface area contributed by atoms with E-state index in [-0.39, 0.29) is 36.4 Å². The predicted molar refractivity (Wildman–Crippen MR) is 130 cm³/mol. The summed E-state index contributed by atoms with van der Waals surface area (Å²) in [6, 6.07) is 0. The average molecular weight is 487 g/mol. The molecule has 0 amide bonds. The SMILES string of the molecule is CCC(C)(C)C(=O)O[C@H]1C[C@H](C(=O)C(=O)n2ccnc2)C=C2C=C[C@H](C)[C@H](CCC(OC)OC)[C@H]21. The zero-order valence-electron chi connectivity index (χ0n) is 21.6. The standard InChI is InChI=1S/C27H38N2O6/c1-7-27(3,4)26(32)35-21-15-19(24(30)25(31)29-13-12-28-16-29)14-18-9-8-17(2)20(23(18)21)10-11-22(33-5)34-6/h8-9,12-14,16-17,19-23H,7,10-11,15H2,1-6H3/t17-,19+,20-,21-,23-/m0/s1. The van der Waals surface area contributed by atoms with Gasteiger partial charge in [0.2, 0.25) is 5.78 Å². The molecule has 2 aliphatic carbocycles. The third-order valence-corrected chi connectivity index (χ3v) is 7.64. The molecular formula is C27H38N2O6. The van der Waals surface area contributed by atoms with Crippen LogP contribution in [-0.4, -0.2) is 53.8 Å². The largest absolute Gasteiger partial charge is 0.461 e. The van der Waals surface area contributed by atoms with Crippen LogP contribution in [0.15, 0.2) is 42.5 Å². The number of rotatable bonds is 10. The van der Waals surface area contributed by atoms with Crippen LogP contribution in [0.3, 0.4) is 0 Å². The molecule has 0 N–H and O–H groups in total. The minimum absolute atomic E-state index is 0.0756. The van der Waals surface area contributed by atoms with Crippen molar-refractivity contribution in [1.29, 1.82) is 0 Å². The number of imidazole rings is 1. The van der Waals surface area contributed by atoms with Gasteiger partial charge in [-0.25, -0.2) is 4.98 Å². The lowest BCUT2D eigenvalue weighted by Crippen LogP contribution is -2.45. The fourth-order valence-electron chi connectivity index (χ4n) is 4.96. The Morgan fingerprint density at radius 1 is 1.23 bits per heavy atom. The minimum Gasteiger partial charge on any atom is -0.461 e. The lowest BCUT2D eigenvalue weighted by atomic mass is 9.64. The number of fused-ring (bicyclic) bond motifs is 1. The van der Waals surface area contributed by atoms with Crippen molar-refractivity contribution in [1.82, 2.24) is 9.55 Å². The van der Waals surface area contributed by atoms with Crippen LogP contribution in [0.4, 0.5) is 0 Å². The van der Waals surface area contributed by atoms with E-state index in [1.165, 1.54) is 23.3 Å². The van der Waals surface area contributed by atoms with E-state index in [0.717, 1.165) is 12.0 Å². The second kappa shape index (κ2) is 11.4. The molecule has 0 fully saturated rings. The van der Waals surface area contributed by atoms with Crippen molar-refractivity contribution in [2.45, 2.75) is 65.8 Å². The van der Waals surface area contributed by atoms with Gasteiger partial charge in [-0.1, -0.05) is 32.1 Å². The van der Waals surface area contributed by atoms with Crippen molar-refractivity contribution in [3.05, 3.63) is 42.5 Å². The van der Waals surface area contributed by atoms with Crippen molar-refractivity contribution >= 4 is 17.7 Å². The minimum atomic E-state index is -0.678. The number of methoxy groups -OCH3 is 2. The molecule has 35 heavy (non-hydrogen) atoms. The van der Waals surface area contributed by atoms with Crippen molar-refractivity contribution in [3.8, 4) is 0 Å². The molecule has 5 atom stereocenters. The summed E-state index contributed by atoms with van der Waals surface area (Å²) in [4.78, 5) is 42.9. The second-order valence-corrected chi connectivity index (χ2v) is 10.2. The fourth-order valence-corrected chi connectivity index (χ4v) is 4.96. The molecule has 0 bridgehead atoms. The lowest BCUT2D eigenvalue weighted by Gasteiger charge is -2.44. The zero-order chi connectivity index (χ0) is 25.8. The normalized spacial score (nSPS) is 26.3. The van der Waals surface area contributed by atoms with Gasteiger partial charge in [-0.15, -0.1) is 0 Å². The van der Waals surface area contributed by atoms with Crippen molar-refractivity contribution in [2.24, 2.45) is 29.1 Å². The van der Waals surface area contributed by atoms with Gasteiger partial charge >= 0.3 is 5.97 Å². The molecule has 0 radical (unpaired) electrons. The van der Waals surface area contributed by atoms with Crippen LogP contribution in [0, 0.1) is 29.1 Å². The Kier molecular flexibility index (Phi) is 8.83. The highest BCUT2D eigenvalue weighted by atomic mass is 16.7. The number of Topliss-reactive ketones (excluding diaryl/α,β-unsaturated/α-hetero) is 1. The first-order chi connectivity index (χ1) is 16.6. The maximum absolute atomic E-state index is 13.2. The number of carbonyl (C=O) groups is 3. The smallest absolute Gasteiger partial charge is 0.311 e. The number of allylic oxidation sites excluding steroid dienone is 3. The number of hydrogen-bond donors (Lipinski definition) is 0. The molecule has 0 spiro atoms. The summed E-state index contributed by atoms with van der Waals surface area (Å²) >= 11 is 0. The van der Waals surface area contributed by atoms with Gasteiger partial charge in [-0.3, -0.25) is 19.0 Å². The first kappa shape index (κ1) is 27.0. The Bertz CT molecular complexity index is 960. The highest BCUT2D eigenvalue weighted by molar-refractivity contribution is 6.38. The number of carbonyl (C=O) groups excluding carboxylic acids is 3. The van der Waals surface area contributed by atoms with Crippen LogP contribution < -0.4 is 0 Å². The van der Waals surface area contributed by atoms with Crippen molar-refractivity contribution < 1.29 is 28.6 Å². The maximum Gasteiger partial charge on any atom is 0.311 e. The van der Waals surface area contributed by atoms with Crippen molar-refractivity contribution in [2.75, 3.05) is 14.2 Å². The number of hydrogen-bond acceptors (Lipinski definition) is 7. The molecule has 3 rings (SSSR count). The summed E-state index contributed by atoms with van der Waals surface area (Å²) in [6.07, 6.45) is 11.8. The van der Waals surface area contributed by atoms with Gasteiger partial charge < -0.3 is 14.2 Å². The van der Waals surface area contributed by atoms with Crippen LogP contribution in [0.1, 0.15) is 58.2 Å². The number of aromatic nitrogens is 2. The molecule has 0 aromatic carbocycles. The predicted octanol–water partition coefficient (Wildman–Crippen LogP) is 4.22. The molecule has 0 saturated heterocycles. The number of ether oxygens (including phenoxy) is 3. The van der Waals surface area contributed by atoms with Gasteiger partial charge in [0.1, 0.15) is 12.4 Å². The molecule has 192 valence electrons. The molecule has 0 unspecified atom stereocenters. The van der Waals surface area contributed by atoms with E-state index >= 15 is 0 Å². The third kappa shape index (κ3) is 5.98. The van der Waals surface area contributed by atoms with E-state index in [9.17, 15) is 14.4 Å². The Morgan fingerprint density at radius 2 is 1.94 bits per heavy atom. The summed E-state index contributed by atoms with van der Waals surface area (Å²) in [7, 11) is 3.24. The van der Waals surface area contributed by atoms with E-state index < -0.39 is 29.1 Å². The van der Waals surface area contributed by atoms with Crippen LogP contribution in [0.25, 0.3) is 0 Å². The molecular weight excluding hydrogens is 448 g/mol. The number of nitrogens with zero attached hydrogens (tertiary/aromatic N) is 2. The zero-order valence-corrected chi connectivity index (χ0v) is 21.6. The highest BCUT2D eigenvalue weighted by Crippen LogP contribution is 2.45. The van der Waals surface area contributed by atoms with Gasteiger partial charge in [0.15, 0.2) is 6.29 Å². The fraction of sp³-hybridized carbons (Fsp3) is 0.630. The second-order valence-electron chi connectivity index (χ2n) is 10.2. The molecule has 1 heterocycles. The first-order valence-electron chi connectivity index (χ1n) is 12.4. The van der Waals surface area contributed by atoms with E-state index in [1.54, 1.807) is 14.2 Å². The van der Waals surface area contributed by atoms with E-state index in [4.69, 9.17) is 14.2 Å². The van der Waals surface area contributed by atoms with Crippen LogP contribution in [-0.2, 0) is 23.8 Å². The van der Waals surface area contributed by atoms with Crippen LogP contribution in [0.2, 0.25) is 0 Å². The number of ketones is 1. The van der Waals surface area contributed by atoms with Crippen LogP contribution >= 0.6 is 0 Å². The van der Waals surface area contributed by atoms with Gasteiger partial charge in [0.25, 0.3) is 5.91 Å². The quantitative estimate of drug-likeness (QED) is 0.277. The monoisotopic (exact) mass is 486 g/mol. The maximum atomic E-state index is 13.2. The Hall–Kier alpha value is -2.58. The van der Waals surface area contributed by atoms with E-state index in [0.29, 0.717) is 12.8 Å². The summed E-state index contributed by atoms with van der Waals surface area (Å²) in [5.41, 5.74) is 0.297. The molecule has 0 aliphatic heterocycles. The summed E-state index contributed by atoms with van der Waals surface area (Å²) in [6.45, 7) is 7.83. The van der Waals surface area contributed by atoms with Gasteiger partial charge in [0.05, 0.1) is 5.41 Å². The molecule has 1 aromatic rings. The summed E-state index contributed by atoms with van der Waals surface area (Å²) in [5.74, 6) is -1.81. The molecule has 2 aliphatic rings. The van der Waals surface area contributed by atoms with E-state index in [2.05, 4.69) is 18.0 Å². The topological polar surface area (TPSA) is 96.7 Å². The Balaban J connectivity index is 1.93. The Morgan fingerprint density at radius 3 is 2.54 bits per heavy atom. The van der Waals surface area contributed by atoms with Crippen LogP contribution in [0.5, 0.6) is 0 Å². The third-order valence-electron chi connectivity index (χ3n) is 7.64. The van der Waals surface area contributed by atoms with Crippen molar-refractivity contribution in [3.63, 3.8) is 0 Å². The number of esters is 1. The first-order valence-corrected chi connectivity index (χ1v) is 12.4. The van der Waals surface area contributed by atoms with E-state index in [1.807, 2.05) is 32.9 Å². The molecule has 8 heteroatoms. The van der Waals surface area contributed by atoms with Gasteiger partial charge in [-0.05, 0) is 56.9 Å². The average Bonchev–Trinajstić information content (AvgIpc) is 3.39. The van der Waals surface area contributed by atoms with Gasteiger partial charge in [-0.2, -0.15) is 0 Å². The lowest BCUT2D eigenvalue weighted by molar-refractivity contribution is -0.165. The summed E-state index contributed by atoms with van der Waals surface area (Å²) < 4.78 is 18.1. The molecule has 0 saturated carbocycles. The summed E-state index contributed by atoms with van der Waals surface area (Å²) in [5, 5.41) is 0. The molecule has 1 aromatic heterocycles. The van der Waals surface area contributed by atoms with Gasteiger partial charge in [0, 0.05) is 38.4 Å².